The van der Waals surface area contributed by atoms with Gasteiger partial charge in [0.1, 0.15) is 0 Å². The van der Waals surface area contributed by atoms with Crippen LogP contribution in [0, 0.1) is 0 Å². The molecule has 0 saturated carbocycles. The van der Waals surface area contributed by atoms with Crippen molar-refractivity contribution in [2.45, 2.75) is 19.8 Å². The summed E-state index contributed by atoms with van der Waals surface area (Å²) < 4.78 is 0. The van der Waals surface area contributed by atoms with Crippen LogP contribution in [0.5, 0.6) is 0 Å². The first-order valence-corrected chi connectivity index (χ1v) is 6.07. The van der Waals surface area contributed by atoms with Gasteiger partial charge in [-0.25, -0.2) is 0 Å². The van der Waals surface area contributed by atoms with E-state index >= 15 is 0 Å². The fraction of sp³-hybridized carbons (Fsp3) is 0.273. The topological polar surface area (TPSA) is 57.8 Å². The van der Waals surface area contributed by atoms with Gasteiger partial charge >= 0.3 is 0 Å². The van der Waals surface area contributed by atoms with Gasteiger partial charge in [-0.1, -0.05) is 6.92 Å². The largest absolute Gasteiger partial charge is 0.309 e. The van der Waals surface area contributed by atoms with Crippen LogP contribution in [0.1, 0.15) is 18.2 Å². The van der Waals surface area contributed by atoms with Gasteiger partial charge in [-0.2, -0.15) is 16.4 Å². The molecule has 2 aromatic rings. The molecule has 0 aliphatic carbocycles. The molecule has 0 radical (unpaired) electrons. The summed E-state index contributed by atoms with van der Waals surface area (Å²) >= 11 is 1.59. The summed E-state index contributed by atoms with van der Waals surface area (Å²) in [7, 11) is 0. The van der Waals surface area contributed by atoms with E-state index in [1.807, 2.05) is 29.8 Å². The zero-order valence-electron chi connectivity index (χ0n) is 8.99. The monoisotopic (exact) mass is 235 g/mol. The molecule has 0 fully saturated rings. The second-order valence-electron chi connectivity index (χ2n) is 3.49. The summed E-state index contributed by atoms with van der Waals surface area (Å²) in [6.45, 7) is 2.03. The van der Waals surface area contributed by atoms with Crippen molar-refractivity contribution in [3.63, 3.8) is 0 Å². The van der Waals surface area contributed by atoms with Crippen molar-refractivity contribution >= 4 is 23.1 Å². The van der Waals surface area contributed by atoms with Crippen LogP contribution in [0.25, 0.3) is 0 Å². The number of carbonyl (C=O) groups excluding carboxylic acids is 1. The van der Waals surface area contributed by atoms with E-state index in [2.05, 4.69) is 15.5 Å². The lowest BCUT2D eigenvalue weighted by atomic mass is 10.2. The summed E-state index contributed by atoms with van der Waals surface area (Å²) in [5.74, 6) is 0.560. The maximum absolute atomic E-state index is 11.6. The number of carbonyl (C=O) groups is 1. The SMILES string of the molecule is CCc1cc(NC(=O)Cc2ccsc2)n[nH]1. The summed E-state index contributed by atoms with van der Waals surface area (Å²) in [5.41, 5.74) is 2.06. The molecule has 2 aromatic heterocycles. The van der Waals surface area contributed by atoms with Gasteiger partial charge in [0.25, 0.3) is 0 Å². The van der Waals surface area contributed by atoms with Gasteiger partial charge in [0, 0.05) is 11.8 Å². The van der Waals surface area contributed by atoms with E-state index in [4.69, 9.17) is 0 Å². The van der Waals surface area contributed by atoms with Gasteiger partial charge in [-0.05, 0) is 28.8 Å². The molecule has 1 amide bonds. The maximum Gasteiger partial charge on any atom is 0.230 e. The van der Waals surface area contributed by atoms with E-state index in [1.54, 1.807) is 11.3 Å². The van der Waals surface area contributed by atoms with Crippen molar-refractivity contribution in [3.8, 4) is 0 Å². The molecular formula is C11H13N3OS. The molecule has 2 rings (SSSR count). The molecule has 2 heterocycles. The number of amides is 1. The highest BCUT2D eigenvalue weighted by Gasteiger charge is 2.06. The van der Waals surface area contributed by atoms with Gasteiger partial charge in [0.15, 0.2) is 5.82 Å². The predicted molar refractivity (Wildman–Crippen MR) is 64.6 cm³/mol. The van der Waals surface area contributed by atoms with Crippen molar-refractivity contribution in [3.05, 3.63) is 34.2 Å². The lowest BCUT2D eigenvalue weighted by molar-refractivity contribution is -0.115. The van der Waals surface area contributed by atoms with Crippen LogP contribution < -0.4 is 5.32 Å². The number of anilines is 1. The number of nitrogens with zero attached hydrogens (tertiary/aromatic N) is 1. The zero-order chi connectivity index (χ0) is 11.4. The van der Waals surface area contributed by atoms with E-state index in [0.29, 0.717) is 12.2 Å². The second kappa shape index (κ2) is 4.94. The second-order valence-corrected chi connectivity index (χ2v) is 4.27. The number of H-pyrrole nitrogens is 1. The highest BCUT2D eigenvalue weighted by atomic mass is 32.1. The molecule has 4 nitrogen and oxygen atoms in total. The van der Waals surface area contributed by atoms with Crippen LogP contribution in [-0.2, 0) is 17.6 Å². The van der Waals surface area contributed by atoms with Crippen LogP contribution >= 0.6 is 11.3 Å². The molecule has 0 saturated heterocycles. The average Bonchev–Trinajstić information content (AvgIpc) is 2.89. The van der Waals surface area contributed by atoms with E-state index in [1.165, 1.54) is 0 Å². The van der Waals surface area contributed by atoms with E-state index < -0.39 is 0 Å². The van der Waals surface area contributed by atoms with Crippen molar-refractivity contribution < 1.29 is 4.79 Å². The maximum atomic E-state index is 11.6. The quantitative estimate of drug-likeness (QED) is 0.853. The standard InChI is InChI=1S/C11H13N3OS/c1-2-9-6-10(14-13-9)12-11(15)5-8-3-4-16-7-8/h3-4,6-7H,2,5H2,1H3,(H2,12,13,14,15). The fourth-order valence-electron chi connectivity index (χ4n) is 1.37. The summed E-state index contributed by atoms with van der Waals surface area (Å²) in [5, 5.41) is 13.6. The van der Waals surface area contributed by atoms with Crippen LogP contribution in [-0.4, -0.2) is 16.1 Å². The predicted octanol–water partition coefficient (Wildman–Crippen LogP) is 2.21. The molecule has 84 valence electrons. The minimum atomic E-state index is -0.0347. The number of aromatic nitrogens is 2. The summed E-state index contributed by atoms with van der Waals surface area (Å²) in [4.78, 5) is 11.6. The minimum Gasteiger partial charge on any atom is -0.309 e. The van der Waals surface area contributed by atoms with Crippen molar-refractivity contribution in [2.75, 3.05) is 5.32 Å². The first-order chi connectivity index (χ1) is 7.78. The lowest BCUT2D eigenvalue weighted by Crippen LogP contribution is -2.14. The Balaban J connectivity index is 1.92. The molecule has 5 heteroatoms. The first-order valence-electron chi connectivity index (χ1n) is 5.13. The highest BCUT2D eigenvalue weighted by Crippen LogP contribution is 2.09. The molecule has 0 aromatic carbocycles. The Hall–Kier alpha value is -1.62. The molecule has 0 aliphatic heterocycles. The Morgan fingerprint density at radius 1 is 1.62 bits per heavy atom. The smallest absolute Gasteiger partial charge is 0.230 e. The highest BCUT2D eigenvalue weighted by molar-refractivity contribution is 7.08. The average molecular weight is 235 g/mol. The third-order valence-corrected chi connectivity index (χ3v) is 2.96. The Morgan fingerprint density at radius 3 is 3.12 bits per heavy atom. The third-order valence-electron chi connectivity index (χ3n) is 2.22. The molecule has 0 spiro atoms. The Labute approximate surface area is 97.7 Å². The van der Waals surface area contributed by atoms with Crippen LogP contribution in [0.4, 0.5) is 5.82 Å². The number of nitrogens with one attached hydrogen (secondary N) is 2. The normalized spacial score (nSPS) is 10.3. The fourth-order valence-corrected chi connectivity index (χ4v) is 2.04. The minimum absolute atomic E-state index is 0.0347. The van der Waals surface area contributed by atoms with Crippen molar-refractivity contribution in [1.29, 1.82) is 0 Å². The Morgan fingerprint density at radius 2 is 2.50 bits per heavy atom. The number of thiophene rings is 1. The lowest BCUT2D eigenvalue weighted by Gasteiger charge is -1.99. The van der Waals surface area contributed by atoms with E-state index in [-0.39, 0.29) is 5.91 Å². The first kappa shape index (κ1) is 10.9. The van der Waals surface area contributed by atoms with Gasteiger partial charge in [0.05, 0.1) is 6.42 Å². The molecule has 16 heavy (non-hydrogen) atoms. The zero-order valence-corrected chi connectivity index (χ0v) is 9.80. The van der Waals surface area contributed by atoms with Crippen molar-refractivity contribution in [2.24, 2.45) is 0 Å². The van der Waals surface area contributed by atoms with Gasteiger partial charge < -0.3 is 5.32 Å². The number of rotatable bonds is 4. The molecule has 0 unspecified atom stereocenters. The number of aryl methyl sites for hydroxylation is 1. The number of aromatic amines is 1. The van der Waals surface area contributed by atoms with Gasteiger partial charge in [-0.3, -0.25) is 9.89 Å². The van der Waals surface area contributed by atoms with Crippen LogP contribution in [0.3, 0.4) is 0 Å². The van der Waals surface area contributed by atoms with Crippen molar-refractivity contribution in [1.82, 2.24) is 10.2 Å². The van der Waals surface area contributed by atoms with Crippen LogP contribution in [0.2, 0.25) is 0 Å². The molecule has 0 bridgehead atoms. The van der Waals surface area contributed by atoms with E-state index in [0.717, 1.165) is 17.7 Å². The molecule has 0 aliphatic rings. The van der Waals surface area contributed by atoms with Gasteiger partial charge in [0.2, 0.25) is 5.91 Å². The Bertz CT molecular complexity index is 461. The molecule has 0 atom stereocenters. The van der Waals surface area contributed by atoms with Crippen LogP contribution in [0.15, 0.2) is 22.9 Å². The molecule has 2 N–H and O–H groups in total. The van der Waals surface area contributed by atoms with E-state index in [9.17, 15) is 4.79 Å². The van der Waals surface area contributed by atoms with Gasteiger partial charge in [-0.15, -0.1) is 0 Å². The number of hydrogen-bond donors (Lipinski definition) is 2. The third kappa shape index (κ3) is 2.70. The Kier molecular flexibility index (Phi) is 3.36. The molecular weight excluding hydrogens is 222 g/mol. The summed E-state index contributed by atoms with van der Waals surface area (Å²) in [6.07, 6.45) is 1.28. The number of hydrogen-bond acceptors (Lipinski definition) is 3. The summed E-state index contributed by atoms with van der Waals surface area (Å²) in [6, 6.07) is 3.80.